The van der Waals surface area contributed by atoms with Crippen LogP contribution in [0.2, 0.25) is 0 Å². The molecule has 16 heavy (non-hydrogen) atoms. The first-order valence-electron chi connectivity index (χ1n) is 5.38. The van der Waals surface area contributed by atoms with Gasteiger partial charge in [0.25, 0.3) is 0 Å². The molecule has 0 aliphatic rings. The van der Waals surface area contributed by atoms with Crippen LogP contribution in [0.4, 0.5) is 0 Å². The van der Waals surface area contributed by atoms with Gasteiger partial charge in [0.1, 0.15) is 18.4 Å². The molecule has 0 aromatic heterocycles. The predicted octanol–water partition coefficient (Wildman–Crippen LogP) is 2.67. The molecule has 0 amide bonds. The fraction of sp³-hybridized carbons (Fsp3) is 0.462. The van der Waals surface area contributed by atoms with Crippen molar-refractivity contribution in [1.29, 1.82) is 5.26 Å². The summed E-state index contributed by atoms with van der Waals surface area (Å²) in [5, 5.41) is 8.93. The Morgan fingerprint density at radius 3 is 2.69 bits per heavy atom. The standard InChI is InChI=1S/C13H17NO2/c1-10(2)15-6-7-16-13-5-4-11(3)8-12(13)9-14/h4-5,8,10H,6-7H2,1-3H3. The Morgan fingerprint density at radius 1 is 1.31 bits per heavy atom. The molecule has 1 aromatic carbocycles. The lowest BCUT2D eigenvalue weighted by molar-refractivity contribution is 0.0552. The lowest BCUT2D eigenvalue weighted by Gasteiger charge is -2.10. The van der Waals surface area contributed by atoms with Crippen LogP contribution in [0.15, 0.2) is 18.2 Å². The highest BCUT2D eigenvalue weighted by atomic mass is 16.5. The predicted molar refractivity (Wildman–Crippen MR) is 62.5 cm³/mol. The van der Waals surface area contributed by atoms with Crippen LogP contribution in [0, 0.1) is 18.3 Å². The van der Waals surface area contributed by atoms with E-state index in [9.17, 15) is 0 Å². The Morgan fingerprint density at radius 2 is 2.06 bits per heavy atom. The van der Waals surface area contributed by atoms with Crippen LogP contribution in [-0.2, 0) is 4.74 Å². The Labute approximate surface area is 96.6 Å². The van der Waals surface area contributed by atoms with Gasteiger partial charge in [0, 0.05) is 0 Å². The molecule has 0 spiro atoms. The number of hydrogen-bond acceptors (Lipinski definition) is 3. The molecule has 0 fully saturated rings. The number of nitrogens with zero attached hydrogens (tertiary/aromatic N) is 1. The molecule has 1 aromatic rings. The van der Waals surface area contributed by atoms with E-state index in [1.165, 1.54) is 0 Å². The molecule has 0 N–H and O–H groups in total. The van der Waals surface area contributed by atoms with Crippen molar-refractivity contribution in [2.75, 3.05) is 13.2 Å². The Hall–Kier alpha value is -1.53. The minimum absolute atomic E-state index is 0.206. The second kappa shape index (κ2) is 6.14. The van der Waals surface area contributed by atoms with Crippen LogP contribution < -0.4 is 4.74 Å². The quantitative estimate of drug-likeness (QED) is 0.715. The van der Waals surface area contributed by atoms with Crippen LogP contribution in [0.3, 0.4) is 0 Å². The molecule has 1 rings (SSSR count). The van der Waals surface area contributed by atoms with Crippen molar-refractivity contribution in [3.8, 4) is 11.8 Å². The third kappa shape index (κ3) is 3.92. The summed E-state index contributed by atoms with van der Waals surface area (Å²) in [6.45, 7) is 6.91. The van der Waals surface area contributed by atoms with Crippen LogP contribution in [0.25, 0.3) is 0 Å². The third-order valence-corrected chi connectivity index (χ3v) is 2.05. The largest absolute Gasteiger partial charge is 0.490 e. The first-order valence-corrected chi connectivity index (χ1v) is 5.38. The van der Waals surface area contributed by atoms with Gasteiger partial charge in [-0.15, -0.1) is 0 Å². The van der Waals surface area contributed by atoms with Crippen molar-refractivity contribution < 1.29 is 9.47 Å². The third-order valence-electron chi connectivity index (χ3n) is 2.05. The summed E-state index contributed by atoms with van der Waals surface area (Å²) in [6.07, 6.45) is 0.206. The highest BCUT2D eigenvalue weighted by Crippen LogP contribution is 2.18. The number of ether oxygens (including phenoxy) is 2. The van der Waals surface area contributed by atoms with Gasteiger partial charge in [0.15, 0.2) is 0 Å². The van der Waals surface area contributed by atoms with Crippen molar-refractivity contribution in [2.45, 2.75) is 26.9 Å². The van der Waals surface area contributed by atoms with Crippen molar-refractivity contribution in [3.63, 3.8) is 0 Å². The van der Waals surface area contributed by atoms with E-state index in [1.54, 1.807) is 0 Å². The van der Waals surface area contributed by atoms with Gasteiger partial charge in [-0.25, -0.2) is 0 Å². The number of aryl methyl sites for hydroxylation is 1. The molecule has 3 heteroatoms. The molecule has 0 radical (unpaired) electrons. The average Bonchev–Trinajstić information content (AvgIpc) is 2.25. The van der Waals surface area contributed by atoms with Crippen molar-refractivity contribution in [1.82, 2.24) is 0 Å². The lowest BCUT2D eigenvalue weighted by atomic mass is 10.1. The topological polar surface area (TPSA) is 42.2 Å². The minimum atomic E-state index is 0.206. The highest BCUT2D eigenvalue weighted by Gasteiger charge is 2.03. The Balaban J connectivity index is 2.51. The lowest BCUT2D eigenvalue weighted by Crippen LogP contribution is -2.11. The molecule has 0 saturated heterocycles. The van der Waals surface area contributed by atoms with E-state index >= 15 is 0 Å². The minimum Gasteiger partial charge on any atom is -0.490 e. The van der Waals surface area contributed by atoms with E-state index in [-0.39, 0.29) is 6.10 Å². The average molecular weight is 219 g/mol. The molecule has 3 nitrogen and oxygen atoms in total. The maximum absolute atomic E-state index is 8.93. The fourth-order valence-electron chi connectivity index (χ4n) is 1.29. The van der Waals surface area contributed by atoms with E-state index in [1.807, 2.05) is 39.0 Å². The summed E-state index contributed by atoms with van der Waals surface area (Å²) < 4.78 is 10.8. The molecule has 0 aliphatic carbocycles. The zero-order valence-electron chi connectivity index (χ0n) is 9.99. The molecule has 86 valence electrons. The SMILES string of the molecule is Cc1ccc(OCCOC(C)C)c(C#N)c1. The van der Waals surface area contributed by atoms with Crippen LogP contribution >= 0.6 is 0 Å². The summed E-state index contributed by atoms with van der Waals surface area (Å²) in [6, 6.07) is 7.69. The Bertz CT molecular complexity index is 380. The van der Waals surface area contributed by atoms with E-state index in [4.69, 9.17) is 14.7 Å². The van der Waals surface area contributed by atoms with Gasteiger partial charge in [-0.2, -0.15) is 5.26 Å². The van der Waals surface area contributed by atoms with Crippen molar-refractivity contribution in [2.24, 2.45) is 0 Å². The van der Waals surface area contributed by atoms with Gasteiger partial charge in [0.2, 0.25) is 0 Å². The van der Waals surface area contributed by atoms with E-state index < -0.39 is 0 Å². The number of benzene rings is 1. The molecule has 0 heterocycles. The fourth-order valence-corrected chi connectivity index (χ4v) is 1.29. The number of nitriles is 1. The summed E-state index contributed by atoms with van der Waals surface area (Å²) in [7, 11) is 0. The maximum Gasteiger partial charge on any atom is 0.137 e. The van der Waals surface area contributed by atoms with Crippen molar-refractivity contribution in [3.05, 3.63) is 29.3 Å². The van der Waals surface area contributed by atoms with Gasteiger partial charge in [0.05, 0.1) is 18.3 Å². The Kier molecular flexibility index (Phi) is 4.81. The number of rotatable bonds is 5. The molecule has 0 aliphatic heterocycles. The normalized spacial score (nSPS) is 10.2. The van der Waals surface area contributed by atoms with Gasteiger partial charge in [-0.1, -0.05) is 6.07 Å². The second-order valence-corrected chi connectivity index (χ2v) is 3.88. The van der Waals surface area contributed by atoms with E-state index in [2.05, 4.69) is 6.07 Å². The molecule has 0 atom stereocenters. The van der Waals surface area contributed by atoms with Crippen LogP contribution in [0.5, 0.6) is 5.75 Å². The molecule has 0 unspecified atom stereocenters. The van der Waals surface area contributed by atoms with Gasteiger partial charge < -0.3 is 9.47 Å². The summed E-state index contributed by atoms with van der Waals surface area (Å²) in [5.74, 6) is 0.625. The zero-order chi connectivity index (χ0) is 12.0. The summed E-state index contributed by atoms with van der Waals surface area (Å²) in [4.78, 5) is 0. The maximum atomic E-state index is 8.93. The van der Waals surface area contributed by atoms with Gasteiger partial charge in [-0.05, 0) is 38.5 Å². The monoisotopic (exact) mass is 219 g/mol. The molecular weight excluding hydrogens is 202 g/mol. The molecule has 0 bridgehead atoms. The summed E-state index contributed by atoms with van der Waals surface area (Å²) >= 11 is 0. The smallest absolute Gasteiger partial charge is 0.137 e. The van der Waals surface area contributed by atoms with Crippen LogP contribution in [0.1, 0.15) is 25.0 Å². The van der Waals surface area contributed by atoms with E-state index in [0.717, 1.165) is 5.56 Å². The first kappa shape index (κ1) is 12.5. The molecule has 0 saturated carbocycles. The highest BCUT2D eigenvalue weighted by molar-refractivity contribution is 5.45. The van der Waals surface area contributed by atoms with Gasteiger partial charge >= 0.3 is 0 Å². The van der Waals surface area contributed by atoms with Crippen molar-refractivity contribution >= 4 is 0 Å². The zero-order valence-corrected chi connectivity index (χ0v) is 9.99. The summed E-state index contributed by atoms with van der Waals surface area (Å²) in [5.41, 5.74) is 1.63. The van der Waals surface area contributed by atoms with Crippen LogP contribution in [-0.4, -0.2) is 19.3 Å². The van der Waals surface area contributed by atoms with E-state index in [0.29, 0.717) is 24.5 Å². The molecular formula is C13H17NO2. The second-order valence-electron chi connectivity index (χ2n) is 3.88. The van der Waals surface area contributed by atoms with Gasteiger partial charge in [-0.3, -0.25) is 0 Å². The first-order chi connectivity index (χ1) is 7.63. The number of hydrogen-bond donors (Lipinski definition) is 0.